The molecule has 1 aliphatic rings. The van der Waals surface area contributed by atoms with E-state index in [0.717, 1.165) is 0 Å². The van der Waals surface area contributed by atoms with Gasteiger partial charge in [0.25, 0.3) is 15.9 Å². The predicted molar refractivity (Wildman–Crippen MR) is 83.1 cm³/mol. The van der Waals surface area contributed by atoms with Gasteiger partial charge in [-0.1, -0.05) is 46.3 Å². The molecule has 0 bridgehead atoms. The molecule has 2 aromatic carbocycles. The minimum Gasteiger partial charge on any atom is -0.292 e. The largest absolute Gasteiger partial charge is 0.292 e. The number of carbonyl (C=O) groups excluding carboxylic acids is 2. The lowest BCUT2D eigenvalue weighted by Crippen LogP contribution is -2.35. The molecule has 0 aromatic heterocycles. The van der Waals surface area contributed by atoms with Crippen LogP contribution in [0.3, 0.4) is 0 Å². The summed E-state index contributed by atoms with van der Waals surface area (Å²) in [5.41, 5.74) is 0.434. The maximum atomic E-state index is 12.4. The maximum absolute atomic E-state index is 12.4. The van der Waals surface area contributed by atoms with Crippen molar-refractivity contribution in [2.45, 2.75) is 4.90 Å². The van der Waals surface area contributed by atoms with E-state index in [0.29, 0.717) is 14.3 Å². The van der Waals surface area contributed by atoms with Crippen LogP contribution in [0.1, 0.15) is 20.7 Å². The van der Waals surface area contributed by atoms with Crippen LogP contribution in [0.2, 0.25) is 0 Å². The topological polar surface area (TPSA) is 71.5 Å². The van der Waals surface area contributed by atoms with Crippen LogP contribution in [0.4, 0.5) is 0 Å². The molecule has 0 saturated heterocycles. The molecule has 1 heterocycles. The van der Waals surface area contributed by atoms with Crippen molar-refractivity contribution in [3.05, 3.63) is 64.1 Å². The van der Waals surface area contributed by atoms with Gasteiger partial charge in [-0.2, -0.15) is 0 Å². The number of Topliss-reactive ketones (excluding diaryl/α,β-unsaturated/α-hetero) is 1. The highest BCUT2D eigenvalue weighted by atomic mass is 79.9. The third-order valence-electron chi connectivity index (χ3n) is 3.37. The Kier molecular flexibility index (Phi) is 3.62. The summed E-state index contributed by atoms with van der Waals surface area (Å²) in [6.45, 7) is -0.515. The van der Waals surface area contributed by atoms with Crippen molar-refractivity contribution in [2.24, 2.45) is 0 Å². The molecule has 0 aliphatic carbocycles. The Morgan fingerprint density at radius 1 is 1.05 bits per heavy atom. The summed E-state index contributed by atoms with van der Waals surface area (Å²) in [7, 11) is -3.96. The van der Waals surface area contributed by atoms with E-state index in [-0.39, 0.29) is 10.5 Å². The second-order valence-electron chi connectivity index (χ2n) is 4.72. The lowest BCUT2D eigenvalue weighted by atomic mass is 10.1. The highest BCUT2D eigenvalue weighted by Gasteiger charge is 2.41. The second-order valence-corrected chi connectivity index (χ2v) is 7.40. The van der Waals surface area contributed by atoms with E-state index >= 15 is 0 Å². The number of carbonyl (C=O) groups is 2. The average molecular weight is 380 g/mol. The first-order valence-corrected chi connectivity index (χ1v) is 8.60. The smallest absolute Gasteiger partial charge is 0.269 e. The van der Waals surface area contributed by atoms with Gasteiger partial charge in [-0.25, -0.2) is 12.7 Å². The highest BCUT2D eigenvalue weighted by molar-refractivity contribution is 9.10. The van der Waals surface area contributed by atoms with Crippen LogP contribution in [0, 0.1) is 0 Å². The molecule has 1 aliphatic heterocycles. The van der Waals surface area contributed by atoms with Crippen molar-refractivity contribution in [1.82, 2.24) is 4.31 Å². The summed E-state index contributed by atoms with van der Waals surface area (Å²) in [6.07, 6.45) is 0. The molecule has 0 saturated carbocycles. The quantitative estimate of drug-likeness (QED) is 0.767. The summed E-state index contributed by atoms with van der Waals surface area (Å²) < 4.78 is 26.0. The van der Waals surface area contributed by atoms with Crippen LogP contribution in [-0.4, -0.2) is 31.0 Å². The number of amides is 1. The summed E-state index contributed by atoms with van der Waals surface area (Å²) in [5, 5.41) is 0. The van der Waals surface area contributed by atoms with Crippen molar-refractivity contribution in [1.29, 1.82) is 0 Å². The first-order valence-electron chi connectivity index (χ1n) is 6.37. The van der Waals surface area contributed by atoms with Crippen molar-refractivity contribution in [2.75, 3.05) is 6.54 Å². The van der Waals surface area contributed by atoms with E-state index in [1.54, 1.807) is 36.4 Å². The van der Waals surface area contributed by atoms with Crippen LogP contribution < -0.4 is 0 Å². The highest BCUT2D eigenvalue weighted by Crippen LogP contribution is 2.30. The summed E-state index contributed by atoms with van der Waals surface area (Å²) in [4.78, 5) is 24.5. The molecule has 112 valence electrons. The number of halogens is 1. The fraction of sp³-hybridized carbons (Fsp3) is 0.0667. The van der Waals surface area contributed by atoms with Gasteiger partial charge in [0.2, 0.25) is 0 Å². The first kappa shape index (κ1) is 14.9. The normalized spacial score (nSPS) is 15.7. The van der Waals surface area contributed by atoms with Gasteiger partial charge in [0.05, 0.1) is 5.56 Å². The summed E-state index contributed by atoms with van der Waals surface area (Å²) in [6, 6.07) is 12.6. The predicted octanol–water partition coefficient (Wildman–Crippen LogP) is 2.48. The minimum atomic E-state index is -3.96. The van der Waals surface area contributed by atoms with Gasteiger partial charge < -0.3 is 0 Å². The van der Waals surface area contributed by atoms with Gasteiger partial charge in [0.15, 0.2) is 5.78 Å². The molecular formula is C15H10BrNO4S. The molecular weight excluding hydrogens is 370 g/mol. The monoisotopic (exact) mass is 379 g/mol. The molecule has 0 N–H and O–H groups in total. The molecule has 3 rings (SSSR count). The first-order chi connectivity index (χ1) is 10.4. The van der Waals surface area contributed by atoms with Gasteiger partial charge in [-0.05, 0) is 18.2 Å². The summed E-state index contributed by atoms with van der Waals surface area (Å²) >= 11 is 3.24. The lowest BCUT2D eigenvalue weighted by molar-refractivity contribution is 0.0820. The second kappa shape index (κ2) is 5.33. The Hall–Kier alpha value is -1.99. The van der Waals surface area contributed by atoms with Crippen molar-refractivity contribution >= 4 is 37.6 Å². The number of fused-ring (bicyclic) bond motifs is 1. The number of nitrogens with zero attached hydrogens (tertiary/aromatic N) is 1. The van der Waals surface area contributed by atoms with Crippen LogP contribution in [0.15, 0.2) is 57.9 Å². The van der Waals surface area contributed by atoms with Crippen molar-refractivity contribution in [3.63, 3.8) is 0 Å². The SMILES string of the molecule is O=C(CN1C(=O)c2ccccc2S1(=O)=O)c1ccccc1Br. The van der Waals surface area contributed by atoms with Crippen molar-refractivity contribution < 1.29 is 18.0 Å². The summed E-state index contributed by atoms with van der Waals surface area (Å²) in [5.74, 6) is -1.12. The molecule has 2 aromatic rings. The molecule has 0 fully saturated rings. The van der Waals surface area contributed by atoms with Gasteiger partial charge in [0.1, 0.15) is 11.4 Å². The van der Waals surface area contributed by atoms with Crippen LogP contribution in [0.25, 0.3) is 0 Å². The van der Waals surface area contributed by atoms with E-state index in [1.807, 2.05) is 0 Å². The number of rotatable bonds is 3. The zero-order valence-electron chi connectivity index (χ0n) is 11.2. The van der Waals surface area contributed by atoms with Gasteiger partial charge in [-0.3, -0.25) is 9.59 Å². The third-order valence-corrected chi connectivity index (χ3v) is 5.85. The minimum absolute atomic E-state index is 0.0556. The van der Waals surface area contributed by atoms with E-state index in [9.17, 15) is 18.0 Å². The van der Waals surface area contributed by atoms with E-state index in [2.05, 4.69) is 15.9 Å². The van der Waals surface area contributed by atoms with Crippen LogP contribution in [0.5, 0.6) is 0 Å². The molecule has 1 amide bonds. The maximum Gasteiger partial charge on any atom is 0.269 e. The molecule has 0 spiro atoms. The fourth-order valence-electron chi connectivity index (χ4n) is 2.29. The van der Waals surface area contributed by atoms with Crippen LogP contribution >= 0.6 is 15.9 Å². The Morgan fingerprint density at radius 2 is 1.68 bits per heavy atom. The molecule has 7 heteroatoms. The van der Waals surface area contributed by atoms with E-state index < -0.39 is 28.3 Å². The fourth-order valence-corrected chi connectivity index (χ4v) is 4.32. The van der Waals surface area contributed by atoms with Gasteiger partial charge in [0, 0.05) is 10.0 Å². The lowest BCUT2D eigenvalue weighted by Gasteiger charge is -2.14. The van der Waals surface area contributed by atoms with Gasteiger partial charge in [-0.15, -0.1) is 0 Å². The molecule has 0 unspecified atom stereocenters. The van der Waals surface area contributed by atoms with Crippen molar-refractivity contribution in [3.8, 4) is 0 Å². The zero-order chi connectivity index (χ0) is 15.9. The zero-order valence-corrected chi connectivity index (χ0v) is 13.6. The average Bonchev–Trinajstić information content (AvgIpc) is 2.69. The molecule has 5 nitrogen and oxygen atoms in total. The Bertz CT molecular complexity index is 892. The number of ketones is 1. The standard InChI is InChI=1S/C15H10BrNO4S/c16-12-7-3-1-5-10(12)13(18)9-17-15(19)11-6-2-4-8-14(11)22(17,20)21/h1-8H,9H2. The van der Waals surface area contributed by atoms with E-state index in [1.165, 1.54) is 12.1 Å². The number of benzene rings is 2. The Labute approximate surface area is 135 Å². The molecule has 22 heavy (non-hydrogen) atoms. The molecule has 0 radical (unpaired) electrons. The number of hydrogen-bond donors (Lipinski definition) is 0. The number of sulfonamides is 1. The molecule has 0 atom stereocenters. The van der Waals surface area contributed by atoms with Crippen LogP contribution in [-0.2, 0) is 10.0 Å². The third kappa shape index (κ3) is 2.26. The Morgan fingerprint density at radius 3 is 2.36 bits per heavy atom. The number of hydrogen-bond acceptors (Lipinski definition) is 4. The van der Waals surface area contributed by atoms with Gasteiger partial charge >= 0.3 is 0 Å². The van der Waals surface area contributed by atoms with E-state index in [4.69, 9.17) is 0 Å². The Balaban J connectivity index is 1.97.